The Hall–Kier alpha value is -1.55. The molecule has 94 valence electrons. The molecular weight excluding hydrogens is 294 g/mol. The van der Waals surface area contributed by atoms with E-state index >= 15 is 0 Å². The van der Waals surface area contributed by atoms with Crippen LogP contribution in [-0.4, -0.2) is 12.5 Å². The highest BCUT2D eigenvalue weighted by Gasteiger charge is 2.09. The smallest absolute Gasteiger partial charge is 0.251 e. The van der Waals surface area contributed by atoms with E-state index in [-0.39, 0.29) is 5.91 Å². The molecule has 0 aliphatic heterocycles. The highest BCUT2D eigenvalue weighted by atomic mass is 79.9. The number of nitrogens with one attached hydrogen (secondary N) is 1. The van der Waals surface area contributed by atoms with Crippen molar-refractivity contribution < 1.29 is 9.21 Å². The van der Waals surface area contributed by atoms with Crippen LogP contribution in [0.5, 0.6) is 0 Å². The minimum absolute atomic E-state index is 0.0552. The summed E-state index contributed by atoms with van der Waals surface area (Å²) in [6.45, 7) is 2.49. The molecule has 0 saturated carbocycles. The lowest BCUT2D eigenvalue weighted by Gasteiger charge is -2.07. The molecule has 1 amide bonds. The van der Waals surface area contributed by atoms with Crippen molar-refractivity contribution in [3.05, 3.63) is 58.0 Å². The summed E-state index contributed by atoms with van der Waals surface area (Å²) in [5, 5.41) is 2.89. The summed E-state index contributed by atoms with van der Waals surface area (Å²) in [6, 6.07) is 9.42. The molecule has 0 aliphatic rings. The van der Waals surface area contributed by atoms with Crippen molar-refractivity contribution in [2.75, 3.05) is 6.54 Å². The van der Waals surface area contributed by atoms with Crippen LogP contribution in [0.2, 0.25) is 0 Å². The maximum Gasteiger partial charge on any atom is 0.251 e. The Morgan fingerprint density at radius 1 is 1.39 bits per heavy atom. The van der Waals surface area contributed by atoms with Crippen molar-refractivity contribution >= 4 is 21.8 Å². The Morgan fingerprint density at radius 3 is 2.94 bits per heavy atom. The molecule has 1 aromatic heterocycles. The predicted molar refractivity (Wildman–Crippen MR) is 73.6 cm³/mol. The molecule has 1 heterocycles. The Bertz CT molecular complexity index is 535. The van der Waals surface area contributed by atoms with E-state index in [1.54, 1.807) is 6.26 Å². The van der Waals surface area contributed by atoms with Crippen LogP contribution in [0.4, 0.5) is 0 Å². The molecule has 1 N–H and O–H groups in total. The van der Waals surface area contributed by atoms with Gasteiger partial charge in [0.15, 0.2) is 0 Å². The van der Waals surface area contributed by atoms with E-state index in [2.05, 4.69) is 21.2 Å². The average Bonchev–Trinajstić information content (AvgIpc) is 2.85. The van der Waals surface area contributed by atoms with Crippen molar-refractivity contribution in [1.82, 2.24) is 5.32 Å². The van der Waals surface area contributed by atoms with E-state index in [0.29, 0.717) is 18.5 Å². The maximum atomic E-state index is 12.0. The SMILES string of the molecule is Cc1ccc(Br)cc1C(=O)NCCc1ccco1. The van der Waals surface area contributed by atoms with E-state index in [0.717, 1.165) is 15.8 Å². The van der Waals surface area contributed by atoms with E-state index in [4.69, 9.17) is 4.42 Å². The van der Waals surface area contributed by atoms with Gasteiger partial charge in [-0.05, 0) is 36.8 Å². The van der Waals surface area contributed by atoms with Crippen molar-refractivity contribution in [2.24, 2.45) is 0 Å². The Labute approximate surface area is 114 Å². The molecular formula is C14H14BrNO2. The predicted octanol–water partition coefficient (Wildman–Crippen LogP) is 3.32. The first-order valence-electron chi connectivity index (χ1n) is 5.73. The van der Waals surface area contributed by atoms with Gasteiger partial charge in [0.2, 0.25) is 0 Å². The first-order chi connectivity index (χ1) is 8.66. The normalized spacial score (nSPS) is 10.3. The highest BCUT2D eigenvalue weighted by Crippen LogP contribution is 2.15. The summed E-state index contributed by atoms with van der Waals surface area (Å²) in [5.74, 6) is 0.821. The number of hydrogen-bond acceptors (Lipinski definition) is 2. The van der Waals surface area contributed by atoms with Gasteiger partial charge >= 0.3 is 0 Å². The van der Waals surface area contributed by atoms with Crippen LogP contribution in [0.3, 0.4) is 0 Å². The fourth-order valence-electron chi connectivity index (χ4n) is 1.69. The van der Waals surface area contributed by atoms with Crippen LogP contribution in [0.1, 0.15) is 21.7 Å². The molecule has 4 heteroatoms. The van der Waals surface area contributed by atoms with Crippen LogP contribution in [0.15, 0.2) is 45.5 Å². The second kappa shape index (κ2) is 5.87. The Kier molecular flexibility index (Phi) is 4.20. The summed E-state index contributed by atoms with van der Waals surface area (Å²) < 4.78 is 6.11. The second-order valence-electron chi connectivity index (χ2n) is 4.04. The number of carbonyl (C=O) groups is 1. The highest BCUT2D eigenvalue weighted by molar-refractivity contribution is 9.10. The third kappa shape index (κ3) is 3.23. The summed E-state index contributed by atoms with van der Waals surface area (Å²) in [6.07, 6.45) is 2.33. The van der Waals surface area contributed by atoms with Gasteiger partial charge in [-0.2, -0.15) is 0 Å². The third-order valence-corrected chi connectivity index (χ3v) is 3.17. The molecule has 0 radical (unpaired) electrons. The molecule has 2 aromatic rings. The molecule has 0 fully saturated rings. The van der Waals surface area contributed by atoms with Crippen LogP contribution >= 0.6 is 15.9 Å². The minimum atomic E-state index is -0.0552. The zero-order valence-electron chi connectivity index (χ0n) is 10.1. The Balaban J connectivity index is 1.93. The topological polar surface area (TPSA) is 42.2 Å². The quantitative estimate of drug-likeness (QED) is 0.941. The molecule has 1 aromatic carbocycles. The van der Waals surface area contributed by atoms with Gasteiger partial charge < -0.3 is 9.73 Å². The van der Waals surface area contributed by atoms with Crippen molar-refractivity contribution in [3.63, 3.8) is 0 Å². The van der Waals surface area contributed by atoms with Crippen molar-refractivity contribution in [3.8, 4) is 0 Å². The zero-order valence-corrected chi connectivity index (χ0v) is 11.7. The van der Waals surface area contributed by atoms with Crippen molar-refractivity contribution in [1.29, 1.82) is 0 Å². The fourth-order valence-corrected chi connectivity index (χ4v) is 2.05. The number of aryl methyl sites for hydroxylation is 1. The first kappa shape index (κ1) is 12.9. The number of carbonyl (C=O) groups excluding carboxylic acids is 1. The van der Waals surface area contributed by atoms with Gasteiger partial charge in [-0.3, -0.25) is 4.79 Å². The zero-order chi connectivity index (χ0) is 13.0. The lowest BCUT2D eigenvalue weighted by molar-refractivity contribution is 0.0953. The Morgan fingerprint density at radius 2 is 2.22 bits per heavy atom. The molecule has 0 atom stereocenters. The summed E-state index contributed by atoms with van der Waals surface area (Å²) in [4.78, 5) is 12.0. The number of benzene rings is 1. The molecule has 2 rings (SSSR count). The van der Waals surface area contributed by atoms with Gasteiger partial charge in [-0.1, -0.05) is 22.0 Å². The molecule has 0 aliphatic carbocycles. The monoisotopic (exact) mass is 307 g/mol. The largest absolute Gasteiger partial charge is 0.469 e. The number of furan rings is 1. The van der Waals surface area contributed by atoms with Gasteiger partial charge in [0, 0.05) is 23.0 Å². The van der Waals surface area contributed by atoms with Gasteiger partial charge in [0.25, 0.3) is 5.91 Å². The number of hydrogen-bond donors (Lipinski definition) is 1. The molecule has 3 nitrogen and oxygen atoms in total. The summed E-state index contributed by atoms with van der Waals surface area (Å²) in [7, 11) is 0. The van der Waals surface area contributed by atoms with Crippen LogP contribution in [0.25, 0.3) is 0 Å². The van der Waals surface area contributed by atoms with E-state index in [9.17, 15) is 4.79 Å². The number of rotatable bonds is 4. The van der Waals surface area contributed by atoms with Crippen LogP contribution in [-0.2, 0) is 6.42 Å². The second-order valence-corrected chi connectivity index (χ2v) is 4.96. The van der Waals surface area contributed by atoms with Gasteiger partial charge in [-0.25, -0.2) is 0 Å². The van der Waals surface area contributed by atoms with Gasteiger partial charge in [0.1, 0.15) is 5.76 Å². The molecule has 0 unspecified atom stereocenters. The third-order valence-electron chi connectivity index (χ3n) is 2.68. The average molecular weight is 308 g/mol. The fraction of sp³-hybridized carbons (Fsp3) is 0.214. The molecule has 18 heavy (non-hydrogen) atoms. The number of halogens is 1. The summed E-state index contributed by atoms with van der Waals surface area (Å²) in [5.41, 5.74) is 1.66. The van der Waals surface area contributed by atoms with Crippen molar-refractivity contribution in [2.45, 2.75) is 13.3 Å². The standard InChI is InChI=1S/C14H14BrNO2/c1-10-4-5-11(15)9-13(10)14(17)16-7-6-12-3-2-8-18-12/h2-5,8-9H,6-7H2,1H3,(H,16,17). The van der Waals surface area contributed by atoms with E-state index < -0.39 is 0 Å². The first-order valence-corrected chi connectivity index (χ1v) is 6.53. The lowest BCUT2D eigenvalue weighted by atomic mass is 10.1. The van der Waals surface area contributed by atoms with Crippen LogP contribution < -0.4 is 5.32 Å². The molecule has 0 spiro atoms. The van der Waals surface area contributed by atoms with Gasteiger partial charge in [-0.15, -0.1) is 0 Å². The van der Waals surface area contributed by atoms with E-state index in [1.807, 2.05) is 37.3 Å². The number of amides is 1. The molecule has 0 saturated heterocycles. The molecule has 0 bridgehead atoms. The summed E-state index contributed by atoms with van der Waals surface area (Å²) >= 11 is 3.37. The van der Waals surface area contributed by atoms with E-state index in [1.165, 1.54) is 0 Å². The lowest BCUT2D eigenvalue weighted by Crippen LogP contribution is -2.26. The minimum Gasteiger partial charge on any atom is -0.469 e. The maximum absolute atomic E-state index is 12.0. The van der Waals surface area contributed by atoms with Gasteiger partial charge in [0.05, 0.1) is 6.26 Å². The van der Waals surface area contributed by atoms with Crippen LogP contribution in [0, 0.1) is 6.92 Å².